The van der Waals surface area contributed by atoms with Gasteiger partial charge in [0.1, 0.15) is 11.6 Å². The monoisotopic (exact) mass is 267 g/mol. The highest BCUT2D eigenvalue weighted by Gasteiger charge is 2.19. The molecule has 3 rings (SSSR count). The summed E-state index contributed by atoms with van der Waals surface area (Å²) in [5, 5.41) is 3.38. The number of imidazole rings is 1. The predicted molar refractivity (Wildman–Crippen MR) is 71.2 cm³/mol. The molecule has 18 heavy (non-hydrogen) atoms. The highest BCUT2D eigenvalue weighted by molar-refractivity contribution is 5.85. The van der Waals surface area contributed by atoms with Crippen LogP contribution in [0.4, 0.5) is 4.39 Å². The molecule has 1 aromatic carbocycles. The minimum atomic E-state index is -0.224. The molecule has 0 radical (unpaired) electrons. The third-order valence-corrected chi connectivity index (χ3v) is 3.12. The van der Waals surface area contributed by atoms with E-state index in [1.807, 2.05) is 6.07 Å². The van der Waals surface area contributed by atoms with Crippen LogP contribution in [-0.4, -0.2) is 16.5 Å². The highest BCUT2D eigenvalue weighted by Crippen LogP contribution is 2.24. The Morgan fingerprint density at radius 1 is 1.33 bits per heavy atom. The zero-order valence-corrected chi connectivity index (χ0v) is 10.6. The molecule has 1 aliphatic rings. The first-order chi connectivity index (χ1) is 8.33. The van der Waals surface area contributed by atoms with Crippen LogP contribution in [0.15, 0.2) is 30.5 Å². The molecule has 0 bridgehead atoms. The van der Waals surface area contributed by atoms with Gasteiger partial charge in [0.2, 0.25) is 0 Å². The van der Waals surface area contributed by atoms with Crippen LogP contribution in [0.2, 0.25) is 0 Å². The lowest BCUT2D eigenvalue weighted by Crippen LogP contribution is -2.14. The Morgan fingerprint density at radius 3 is 2.94 bits per heavy atom. The zero-order chi connectivity index (χ0) is 11.7. The maximum atomic E-state index is 13.1. The number of aromatic nitrogens is 2. The summed E-state index contributed by atoms with van der Waals surface area (Å²) in [5.41, 5.74) is 1.70. The lowest BCUT2D eigenvalue weighted by molar-refractivity contribution is 0.612. The van der Waals surface area contributed by atoms with Crippen molar-refractivity contribution in [1.29, 1.82) is 0 Å². The van der Waals surface area contributed by atoms with Crippen LogP contribution in [0.1, 0.15) is 24.7 Å². The van der Waals surface area contributed by atoms with Gasteiger partial charge in [0, 0.05) is 5.56 Å². The van der Waals surface area contributed by atoms with Gasteiger partial charge in [-0.1, -0.05) is 12.1 Å². The predicted octanol–water partition coefficient (Wildman–Crippen LogP) is 3.06. The van der Waals surface area contributed by atoms with Gasteiger partial charge in [-0.3, -0.25) is 0 Å². The van der Waals surface area contributed by atoms with Crippen molar-refractivity contribution >= 4 is 12.4 Å². The molecule has 0 spiro atoms. The van der Waals surface area contributed by atoms with Crippen LogP contribution in [0.5, 0.6) is 0 Å². The molecule has 2 N–H and O–H groups in total. The SMILES string of the molecule is Cl.Fc1cccc(-c2cnc([C@@H]3CCCN3)[nH]2)c1. The number of rotatable bonds is 2. The molecule has 2 aromatic rings. The smallest absolute Gasteiger partial charge is 0.123 e. The van der Waals surface area contributed by atoms with Gasteiger partial charge >= 0.3 is 0 Å². The van der Waals surface area contributed by atoms with Gasteiger partial charge in [-0.15, -0.1) is 12.4 Å². The van der Waals surface area contributed by atoms with E-state index in [0.29, 0.717) is 6.04 Å². The van der Waals surface area contributed by atoms with Crippen molar-refractivity contribution < 1.29 is 4.39 Å². The lowest BCUT2D eigenvalue weighted by Gasteiger charge is -2.05. The van der Waals surface area contributed by atoms with E-state index in [1.54, 1.807) is 12.3 Å². The molecule has 1 fully saturated rings. The minimum Gasteiger partial charge on any atom is -0.341 e. The molecule has 1 aliphatic heterocycles. The van der Waals surface area contributed by atoms with Crippen LogP contribution < -0.4 is 5.32 Å². The van der Waals surface area contributed by atoms with Crippen LogP contribution >= 0.6 is 12.4 Å². The Bertz CT molecular complexity index is 520. The maximum Gasteiger partial charge on any atom is 0.123 e. The summed E-state index contributed by atoms with van der Waals surface area (Å²) in [7, 11) is 0. The fourth-order valence-corrected chi connectivity index (χ4v) is 2.23. The summed E-state index contributed by atoms with van der Waals surface area (Å²) >= 11 is 0. The molecule has 2 heterocycles. The largest absolute Gasteiger partial charge is 0.341 e. The summed E-state index contributed by atoms with van der Waals surface area (Å²) in [6.07, 6.45) is 4.06. The fourth-order valence-electron chi connectivity index (χ4n) is 2.23. The van der Waals surface area contributed by atoms with Crippen LogP contribution in [0, 0.1) is 5.82 Å². The maximum absolute atomic E-state index is 13.1. The molecule has 0 aliphatic carbocycles. The summed E-state index contributed by atoms with van der Waals surface area (Å²) < 4.78 is 13.1. The Hall–Kier alpha value is -1.39. The molecule has 96 valence electrons. The van der Waals surface area contributed by atoms with E-state index < -0.39 is 0 Å². The number of benzene rings is 1. The Labute approximate surface area is 111 Å². The Balaban J connectivity index is 0.00000120. The van der Waals surface area contributed by atoms with E-state index in [-0.39, 0.29) is 18.2 Å². The molecule has 0 amide bonds. The topological polar surface area (TPSA) is 40.7 Å². The molecule has 3 nitrogen and oxygen atoms in total. The molecule has 1 aromatic heterocycles. The molecule has 5 heteroatoms. The van der Waals surface area contributed by atoms with Crippen molar-refractivity contribution in [3.05, 3.63) is 42.1 Å². The van der Waals surface area contributed by atoms with E-state index in [1.165, 1.54) is 18.6 Å². The normalized spacial score (nSPS) is 18.6. The first kappa shape index (κ1) is 13.1. The number of halogens is 2. The number of aromatic amines is 1. The summed E-state index contributed by atoms with van der Waals surface area (Å²) in [4.78, 5) is 7.62. The molecule has 0 saturated carbocycles. The number of H-pyrrole nitrogens is 1. The lowest BCUT2D eigenvalue weighted by atomic mass is 10.2. The second-order valence-electron chi connectivity index (χ2n) is 4.34. The number of nitrogens with zero attached hydrogens (tertiary/aromatic N) is 1. The van der Waals surface area contributed by atoms with Gasteiger partial charge < -0.3 is 10.3 Å². The summed E-state index contributed by atoms with van der Waals surface area (Å²) in [6.45, 7) is 1.04. The van der Waals surface area contributed by atoms with E-state index in [9.17, 15) is 4.39 Å². The number of hydrogen-bond acceptors (Lipinski definition) is 2. The van der Waals surface area contributed by atoms with E-state index in [2.05, 4.69) is 15.3 Å². The van der Waals surface area contributed by atoms with Crippen molar-refractivity contribution in [2.24, 2.45) is 0 Å². The molecular weight excluding hydrogens is 253 g/mol. The molecule has 0 unspecified atom stereocenters. The van der Waals surface area contributed by atoms with Crippen molar-refractivity contribution in [3.8, 4) is 11.3 Å². The van der Waals surface area contributed by atoms with Gasteiger partial charge in [0.05, 0.1) is 17.9 Å². The number of nitrogens with one attached hydrogen (secondary N) is 2. The van der Waals surface area contributed by atoms with E-state index in [4.69, 9.17) is 0 Å². The summed E-state index contributed by atoms with van der Waals surface area (Å²) in [6, 6.07) is 6.86. The van der Waals surface area contributed by atoms with Crippen molar-refractivity contribution in [2.75, 3.05) is 6.54 Å². The van der Waals surface area contributed by atoms with Crippen molar-refractivity contribution in [3.63, 3.8) is 0 Å². The number of hydrogen-bond donors (Lipinski definition) is 2. The van der Waals surface area contributed by atoms with Crippen LogP contribution in [0.25, 0.3) is 11.3 Å². The van der Waals surface area contributed by atoms with E-state index >= 15 is 0 Å². The van der Waals surface area contributed by atoms with Crippen LogP contribution in [0.3, 0.4) is 0 Å². The average Bonchev–Trinajstić information content (AvgIpc) is 3.00. The third-order valence-electron chi connectivity index (χ3n) is 3.12. The first-order valence-electron chi connectivity index (χ1n) is 5.87. The minimum absolute atomic E-state index is 0. The Morgan fingerprint density at radius 2 is 2.22 bits per heavy atom. The van der Waals surface area contributed by atoms with Crippen LogP contribution in [-0.2, 0) is 0 Å². The van der Waals surface area contributed by atoms with Gasteiger partial charge in [0.15, 0.2) is 0 Å². The Kier molecular flexibility index (Phi) is 3.99. The third kappa shape index (κ3) is 2.54. The molecule has 1 saturated heterocycles. The van der Waals surface area contributed by atoms with Gasteiger partial charge in [0.25, 0.3) is 0 Å². The zero-order valence-electron chi connectivity index (χ0n) is 9.82. The standard InChI is InChI=1S/C13H14FN3.ClH/c14-10-4-1-3-9(7-10)12-8-16-13(17-12)11-5-2-6-15-11;/h1,3-4,7-8,11,15H,2,5-6H2,(H,16,17);1H/t11-;/m0./s1. The quantitative estimate of drug-likeness (QED) is 0.878. The molecule has 1 atom stereocenters. The second kappa shape index (κ2) is 5.50. The van der Waals surface area contributed by atoms with E-state index in [0.717, 1.165) is 30.0 Å². The van der Waals surface area contributed by atoms with Gasteiger partial charge in [-0.25, -0.2) is 9.37 Å². The highest BCUT2D eigenvalue weighted by atomic mass is 35.5. The molecular formula is C13H15ClFN3. The second-order valence-corrected chi connectivity index (χ2v) is 4.34. The van der Waals surface area contributed by atoms with Gasteiger partial charge in [-0.05, 0) is 31.5 Å². The fraction of sp³-hybridized carbons (Fsp3) is 0.308. The van der Waals surface area contributed by atoms with Crippen molar-refractivity contribution in [1.82, 2.24) is 15.3 Å². The average molecular weight is 268 g/mol. The first-order valence-corrected chi connectivity index (χ1v) is 5.87. The van der Waals surface area contributed by atoms with Crippen molar-refractivity contribution in [2.45, 2.75) is 18.9 Å². The van der Waals surface area contributed by atoms with Gasteiger partial charge in [-0.2, -0.15) is 0 Å². The summed E-state index contributed by atoms with van der Waals surface area (Å²) in [5.74, 6) is 0.722.